The highest BCUT2D eigenvalue weighted by Crippen LogP contribution is 2.27. The van der Waals surface area contributed by atoms with E-state index in [1.54, 1.807) is 25.3 Å². The van der Waals surface area contributed by atoms with Gasteiger partial charge in [-0.3, -0.25) is 4.79 Å². The molecule has 0 aliphatic heterocycles. The van der Waals surface area contributed by atoms with Crippen molar-refractivity contribution in [1.29, 1.82) is 0 Å². The first kappa shape index (κ1) is 12.5. The highest BCUT2D eigenvalue weighted by molar-refractivity contribution is 9.10. The topological polar surface area (TPSA) is 64.1 Å². The number of hydrogen-bond acceptors (Lipinski definition) is 4. The number of rotatable bonds is 3. The maximum absolute atomic E-state index is 11.9. The van der Waals surface area contributed by atoms with Crippen molar-refractivity contribution >= 4 is 27.5 Å². The maximum atomic E-state index is 11.9. The lowest BCUT2D eigenvalue weighted by Crippen LogP contribution is -2.12. The molecule has 0 atom stereocenters. The quantitative estimate of drug-likeness (QED) is 0.946. The van der Waals surface area contributed by atoms with Gasteiger partial charge < -0.3 is 10.1 Å². The molecule has 1 heterocycles. The number of benzene rings is 1. The largest absolute Gasteiger partial charge is 0.497 e. The van der Waals surface area contributed by atoms with Crippen molar-refractivity contribution in [2.45, 2.75) is 0 Å². The lowest BCUT2D eigenvalue weighted by molar-refractivity contribution is 0.102. The van der Waals surface area contributed by atoms with Crippen LogP contribution < -0.4 is 10.1 Å². The van der Waals surface area contributed by atoms with E-state index in [0.29, 0.717) is 17.0 Å². The molecular formula is C12H10BrN3O2. The molecule has 1 N–H and O–H groups in total. The Morgan fingerprint density at radius 1 is 1.33 bits per heavy atom. The summed E-state index contributed by atoms with van der Waals surface area (Å²) in [5, 5.41) is 2.76. The van der Waals surface area contributed by atoms with Crippen LogP contribution in [0.5, 0.6) is 5.75 Å². The zero-order chi connectivity index (χ0) is 13.0. The fourth-order valence-electron chi connectivity index (χ4n) is 1.34. The lowest BCUT2D eigenvalue weighted by Gasteiger charge is -2.08. The average molecular weight is 308 g/mol. The minimum absolute atomic E-state index is 0.274. The molecular weight excluding hydrogens is 298 g/mol. The van der Waals surface area contributed by atoms with E-state index in [1.165, 1.54) is 18.7 Å². The van der Waals surface area contributed by atoms with Crippen LogP contribution in [0.2, 0.25) is 0 Å². The van der Waals surface area contributed by atoms with Gasteiger partial charge in [-0.1, -0.05) is 0 Å². The van der Waals surface area contributed by atoms with Crippen molar-refractivity contribution in [3.8, 4) is 5.75 Å². The van der Waals surface area contributed by atoms with Crippen LogP contribution in [0.15, 0.2) is 41.4 Å². The molecule has 0 aliphatic rings. The van der Waals surface area contributed by atoms with Gasteiger partial charge in [0.25, 0.3) is 5.91 Å². The Morgan fingerprint density at radius 2 is 2.06 bits per heavy atom. The number of anilines is 1. The van der Waals surface area contributed by atoms with Gasteiger partial charge in [-0.25, -0.2) is 9.97 Å². The second-order valence-corrected chi connectivity index (χ2v) is 4.28. The van der Waals surface area contributed by atoms with E-state index in [4.69, 9.17) is 4.74 Å². The van der Waals surface area contributed by atoms with Crippen molar-refractivity contribution in [1.82, 2.24) is 9.97 Å². The van der Waals surface area contributed by atoms with Crippen LogP contribution in [0.3, 0.4) is 0 Å². The average Bonchev–Trinajstić information content (AvgIpc) is 2.42. The number of amides is 1. The Balaban J connectivity index is 2.21. The van der Waals surface area contributed by atoms with Gasteiger partial charge in [0, 0.05) is 22.9 Å². The Bertz CT molecular complexity index is 561. The third-order valence-electron chi connectivity index (χ3n) is 2.24. The molecule has 0 aliphatic carbocycles. The third-order valence-corrected chi connectivity index (χ3v) is 2.94. The van der Waals surface area contributed by atoms with E-state index in [9.17, 15) is 4.79 Å². The number of carbonyl (C=O) groups is 1. The van der Waals surface area contributed by atoms with Gasteiger partial charge in [-0.15, -0.1) is 0 Å². The zero-order valence-corrected chi connectivity index (χ0v) is 11.1. The number of ether oxygens (including phenoxy) is 1. The standard InChI is InChI=1S/C12H10BrN3O2/c1-18-9-2-3-10(13)11(4-9)16-12(17)8-5-14-7-15-6-8/h2-7H,1H3,(H,16,17). The molecule has 0 fully saturated rings. The molecule has 2 aromatic rings. The second-order valence-electron chi connectivity index (χ2n) is 3.43. The molecule has 2 rings (SSSR count). The fraction of sp³-hybridized carbons (Fsp3) is 0.0833. The summed E-state index contributed by atoms with van der Waals surface area (Å²) in [5.41, 5.74) is 1.02. The molecule has 5 nitrogen and oxygen atoms in total. The maximum Gasteiger partial charge on any atom is 0.258 e. The Morgan fingerprint density at radius 3 is 2.72 bits per heavy atom. The molecule has 92 valence electrons. The smallest absolute Gasteiger partial charge is 0.258 e. The summed E-state index contributed by atoms with van der Waals surface area (Å²) in [6, 6.07) is 5.33. The van der Waals surface area contributed by atoms with Gasteiger partial charge >= 0.3 is 0 Å². The second kappa shape index (κ2) is 5.59. The molecule has 1 aromatic carbocycles. The zero-order valence-electron chi connectivity index (χ0n) is 9.55. The van der Waals surface area contributed by atoms with Crippen LogP contribution in [-0.2, 0) is 0 Å². The minimum Gasteiger partial charge on any atom is -0.497 e. The van der Waals surface area contributed by atoms with Gasteiger partial charge in [0.2, 0.25) is 0 Å². The predicted molar refractivity (Wildman–Crippen MR) is 70.7 cm³/mol. The molecule has 0 saturated heterocycles. The highest BCUT2D eigenvalue weighted by atomic mass is 79.9. The number of halogens is 1. The molecule has 6 heteroatoms. The van der Waals surface area contributed by atoms with E-state index < -0.39 is 0 Å². The highest BCUT2D eigenvalue weighted by Gasteiger charge is 2.09. The van der Waals surface area contributed by atoms with Crippen molar-refractivity contribution < 1.29 is 9.53 Å². The van der Waals surface area contributed by atoms with Crippen LogP contribution in [0.4, 0.5) is 5.69 Å². The number of aromatic nitrogens is 2. The SMILES string of the molecule is COc1ccc(Br)c(NC(=O)c2cncnc2)c1. The van der Waals surface area contributed by atoms with E-state index in [2.05, 4.69) is 31.2 Å². The minimum atomic E-state index is -0.274. The summed E-state index contributed by atoms with van der Waals surface area (Å²) in [5.74, 6) is 0.391. The Kier molecular flexibility index (Phi) is 3.88. The fourth-order valence-corrected chi connectivity index (χ4v) is 1.68. The normalized spacial score (nSPS) is 9.89. The summed E-state index contributed by atoms with van der Waals surface area (Å²) in [7, 11) is 1.57. The number of methoxy groups -OCH3 is 1. The summed E-state index contributed by atoms with van der Waals surface area (Å²) in [6.45, 7) is 0. The number of hydrogen-bond donors (Lipinski definition) is 1. The summed E-state index contributed by atoms with van der Waals surface area (Å²) in [6.07, 6.45) is 4.28. The van der Waals surface area contributed by atoms with Crippen LogP contribution in [-0.4, -0.2) is 23.0 Å². The third kappa shape index (κ3) is 2.84. The molecule has 1 amide bonds. The molecule has 1 aromatic heterocycles. The van der Waals surface area contributed by atoms with Crippen LogP contribution in [0.1, 0.15) is 10.4 Å². The summed E-state index contributed by atoms with van der Waals surface area (Å²) in [4.78, 5) is 19.5. The van der Waals surface area contributed by atoms with Crippen LogP contribution in [0, 0.1) is 0 Å². The first-order chi connectivity index (χ1) is 8.70. The van der Waals surface area contributed by atoms with Gasteiger partial charge in [-0.05, 0) is 28.1 Å². The Hall–Kier alpha value is -1.95. The molecule has 0 spiro atoms. The number of nitrogens with zero attached hydrogens (tertiary/aromatic N) is 2. The predicted octanol–water partition coefficient (Wildman–Crippen LogP) is 2.50. The molecule has 0 unspecified atom stereocenters. The number of nitrogens with one attached hydrogen (secondary N) is 1. The van der Waals surface area contributed by atoms with Crippen LogP contribution in [0.25, 0.3) is 0 Å². The van der Waals surface area contributed by atoms with Crippen molar-refractivity contribution in [3.63, 3.8) is 0 Å². The first-order valence-electron chi connectivity index (χ1n) is 5.10. The summed E-state index contributed by atoms with van der Waals surface area (Å²) < 4.78 is 5.87. The molecule has 0 radical (unpaired) electrons. The van der Waals surface area contributed by atoms with E-state index in [1.807, 2.05) is 0 Å². The molecule has 18 heavy (non-hydrogen) atoms. The molecule has 0 bridgehead atoms. The number of carbonyl (C=O) groups excluding carboxylic acids is 1. The van der Waals surface area contributed by atoms with Gasteiger partial charge in [0.05, 0.1) is 18.4 Å². The van der Waals surface area contributed by atoms with E-state index in [0.717, 1.165) is 4.47 Å². The van der Waals surface area contributed by atoms with E-state index >= 15 is 0 Å². The monoisotopic (exact) mass is 307 g/mol. The lowest BCUT2D eigenvalue weighted by atomic mass is 10.2. The van der Waals surface area contributed by atoms with Crippen molar-refractivity contribution in [2.75, 3.05) is 12.4 Å². The molecule has 0 saturated carbocycles. The van der Waals surface area contributed by atoms with E-state index in [-0.39, 0.29) is 5.91 Å². The van der Waals surface area contributed by atoms with Crippen molar-refractivity contribution in [2.24, 2.45) is 0 Å². The van der Waals surface area contributed by atoms with Gasteiger partial charge in [0.1, 0.15) is 12.1 Å². The van der Waals surface area contributed by atoms with Crippen molar-refractivity contribution in [3.05, 3.63) is 47.0 Å². The summed E-state index contributed by atoms with van der Waals surface area (Å²) >= 11 is 3.36. The van der Waals surface area contributed by atoms with Crippen LogP contribution >= 0.6 is 15.9 Å². The Labute approximate surface area is 112 Å². The van der Waals surface area contributed by atoms with Gasteiger partial charge in [0.15, 0.2) is 0 Å². The van der Waals surface area contributed by atoms with Gasteiger partial charge in [-0.2, -0.15) is 0 Å². The first-order valence-corrected chi connectivity index (χ1v) is 5.90.